The van der Waals surface area contributed by atoms with Crippen LogP contribution in [0.15, 0.2) is 24.5 Å². The van der Waals surface area contributed by atoms with E-state index in [1.807, 2.05) is 0 Å². The van der Waals surface area contributed by atoms with E-state index in [2.05, 4.69) is 4.84 Å². The molecule has 4 heteroatoms. The van der Waals surface area contributed by atoms with Gasteiger partial charge in [-0.25, -0.2) is 4.79 Å². The van der Waals surface area contributed by atoms with Gasteiger partial charge in [0.25, 0.3) is 0 Å². The van der Waals surface area contributed by atoms with Crippen LogP contribution in [0, 0.1) is 0 Å². The molecule has 1 aliphatic heterocycles. The van der Waals surface area contributed by atoms with Crippen LogP contribution >= 0.6 is 0 Å². The Balaban J connectivity index is 2.55. The minimum Gasteiger partial charge on any atom is -0.463 e. The second kappa shape index (κ2) is 2.91. The van der Waals surface area contributed by atoms with Crippen molar-refractivity contribution >= 4 is 6.09 Å². The summed E-state index contributed by atoms with van der Waals surface area (Å²) in [6.45, 7) is 0.266. The first-order valence-electron chi connectivity index (χ1n) is 2.79. The summed E-state index contributed by atoms with van der Waals surface area (Å²) >= 11 is 0. The molecule has 0 saturated carbocycles. The van der Waals surface area contributed by atoms with E-state index in [0.717, 1.165) is 5.06 Å². The topological polar surface area (TPSA) is 49.8 Å². The summed E-state index contributed by atoms with van der Waals surface area (Å²) in [6, 6.07) is 0. The van der Waals surface area contributed by atoms with Gasteiger partial charge in [0.15, 0.2) is 0 Å². The van der Waals surface area contributed by atoms with E-state index in [-0.39, 0.29) is 6.54 Å². The van der Waals surface area contributed by atoms with E-state index >= 15 is 0 Å². The lowest BCUT2D eigenvalue weighted by Crippen LogP contribution is -2.27. The van der Waals surface area contributed by atoms with Crippen molar-refractivity contribution in [3.63, 3.8) is 0 Å². The van der Waals surface area contributed by atoms with Crippen molar-refractivity contribution in [3.05, 3.63) is 24.5 Å². The zero-order chi connectivity index (χ0) is 7.40. The van der Waals surface area contributed by atoms with Crippen LogP contribution in [0.2, 0.25) is 0 Å². The molecule has 0 aromatic carbocycles. The van der Waals surface area contributed by atoms with Gasteiger partial charge >= 0.3 is 6.09 Å². The van der Waals surface area contributed by atoms with Crippen LogP contribution in [-0.4, -0.2) is 22.8 Å². The van der Waals surface area contributed by atoms with Gasteiger partial charge in [-0.2, -0.15) is 0 Å². The van der Waals surface area contributed by atoms with E-state index in [9.17, 15) is 4.79 Å². The van der Waals surface area contributed by atoms with Crippen LogP contribution in [0.4, 0.5) is 4.79 Å². The predicted molar refractivity (Wildman–Crippen MR) is 34.1 cm³/mol. The number of amides is 1. The van der Waals surface area contributed by atoms with Gasteiger partial charge < -0.3 is 9.94 Å². The average Bonchev–Trinajstić information content (AvgIpc) is 2.12. The van der Waals surface area contributed by atoms with Gasteiger partial charge in [-0.3, -0.25) is 0 Å². The highest BCUT2D eigenvalue weighted by Gasteiger charge is 2.09. The second-order valence-electron chi connectivity index (χ2n) is 1.71. The van der Waals surface area contributed by atoms with Crippen LogP contribution in [0.25, 0.3) is 0 Å². The summed E-state index contributed by atoms with van der Waals surface area (Å²) in [5.74, 6) is 0. The molecule has 0 fully saturated rings. The van der Waals surface area contributed by atoms with Gasteiger partial charge in [-0.1, -0.05) is 12.2 Å². The molecule has 0 aliphatic carbocycles. The number of carbonyl (C=O) groups is 1. The number of rotatable bonds is 0. The predicted octanol–water partition coefficient (Wildman–Crippen LogP) is 0.982. The van der Waals surface area contributed by atoms with E-state index < -0.39 is 6.09 Å². The molecule has 0 aromatic heterocycles. The highest BCUT2D eigenvalue weighted by Crippen LogP contribution is 1.97. The maximum absolute atomic E-state index is 10.2. The lowest BCUT2D eigenvalue weighted by Gasteiger charge is -2.12. The molecule has 10 heavy (non-hydrogen) atoms. The highest BCUT2D eigenvalue weighted by atomic mass is 16.7. The number of allylic oxidation sites excluding steroid dienone is 2. The molecule has 0 spiro atoms. The Kier molecular flexibility index (Phi) is 1.94. The van der Waals surface area contributed by atoms with Crippen molar-refractivity contribution in [1.29, 1.82) is 0 Å². The van der Waals surface area contributed by atoms with Crippen LogP contribution < -0.4 is 0 Å². The van der Waals surface area contributed by atoms with Crippen LogP contribution in [-0.2, 0) is 4.84 Å². The molecule has 0 radical (unpaired) electrons. The zero-order valence-electron chi connectivity index (χ0n) is 5.23. The Morgan fingerprint density at radius 1 is 1.60 bits per heavy atom. The van der Waals surface area contributed by atoms with Crippen LogP contribution in [0.5, 0.6) is 0 Å². The Morgan fingerprint density at radius 3 is 3.10 bits per heavy atom. The maximum atomic E-state index is 10.2. The van der Waals surface area contributed by atoms with E-state index in [4.69, 9.17) is 5.11 Å². The molecule has 0 bridgehead atoms. The first-order chi connectivity index (χ1) is 4.80. The molecular formula is C6H7NO3. The van der Waals surface area contributed by atoms with Gasteiger partial charge in [0.2, 0.25) is 0 Å². The summed E-state index contributed by atoms with van der Waals surface area (Å²) in [7, 11) is 0. The minimum absolute atomic E-state index is 0.266. The third-order valence-corrected chi connectivity index (χ3v) is 0.998. The molecule has 1 heterocycles. The lowest BCUT2D eigenvalue weighted by atomic mass is 10.5. The molecule has 54 valence electrons. The molecule has 1 N–H and O–H groups in total. The number of hydrogen-bond donors (Lipinski definition) is 1. The van der Waals surface area contributed by atoms with E-state index in [0.29, 0.717) is 0 Å². The van der Waals surface area contributed by atoms with Crippen molar-refractivity contribution in [1.82, 2.24) is 5.06 Å². The van der Waals surface area contributed by atoms with Crippen LogP contribution in [0.3, 0.4) is 0 Å². The monoisotopic (exact) mass is 141 g/mol. The van der Waals surface area contributed by atoms with Gasteiger partial charge in [0.05, 0.1) is 6.54 Å². The number of carboxylic acid groups (broad SMARTS) is 1. The largest absolute Gasteiger partial charge is 0.463 e. The molecule has 1 aliphatic rings. The lowest BCUT2D eigenvalue weighted by molar-refractivity contribution is -0.0659. The van der Waals surface area contributed by atoms with Crippen molar-refractivity contribution in [3.8, 4) is 0 Å². The van der Waals surface area contributed by atoms with E-state index in [1.54, 1.807) is 18.2 Å². The zero-order valence-corrected chi connectivity index (χ0v) is 5.23. The normalized spacial score (nSPS) is 16.2. The molecule has 0 unspecified atom stereocenters. The molecule has 0 atom stereocenters. The standard InChI is InChI=1S/C6H7NO3/c8-6(9)7-4-2-1-3-5-10-7/h1-3,5H,4H2,(H,8,9). The molecule has 1 rings (SSSR count). The van der Waals surface area contributed by atoms with Gasteiger partial charge in [0, 0.05) is 0 Å². The summed E-state index contributed by atoms with van der Waals surface area (Å²) in [4.78, 5) is 14.9. The maximum Gasteiger partial charge on any atom is 0.441 e. The number of hydrogen-bond acceptors (Lipinski definition) is 2. The third-order valence-electron chi connectivity index (χ3n) is 0.998. The fourth-order valence-electron chi connectivity index (χ4n) is 0.555. The third kappa shape index (κ3) is 1.51. The summed E-state index contributed by atoms with van der Waals surface area (Å²) < 4.78 is 0. The SMILES string of the molecule is O=C(O)N1CC=CC=CO1. The number of nitrogens with zero attached hydrogens (tertiary/aromatic N) is 1. The Hall–Kier alpha value is -1.45. The number of hydroxylamine groups is 2. The summed E-state index contributed by atoms with van der Waals surface area (Å²) in [5, 5.41) is 9.23. The van der Waals surface area contributed by atoms with Crippen LogP contribution in [0.1, 0.15) is 0 Å². The van der Waals surface area contributed by atoms with Crippen molar-refractivity contribution in [2.75, 3.05) is 6.54 Å². The smallest absolute Gasteiger partial charge is 0.441 e. The Morgan fingerprint density at radius 2 is 2.40 bits per heavy atom. The molecule has 0 aromatic rings. The van der Waals surface area contributed by atoms with Crippen molar-refractivity contribution in [2.24, 2.45) is 0 Å². The molecule has 4 nitrogen and oxygen atoms in total. The van der Waals surface area contributed by atoms with Gasteiger partial charge in [0.1, 0.15) is 6.26 Å². The first-order valence-corrected chi connectivity index (χ1v) is 2.79. The summed E-state index contributed by atoms with van der Waals surface area (Å²) in [5.41, 5.74) is 0. The molecule has 0 saturated heterocycles. The van der Waals surface area contributed by atoms with Crippen molar-refractivity contribution in [2.45, 2.75) is 0 Å². The average molecular weight is 141 g/mol. The Bertz CT molecular complexity index is 171. The van der Waals surface area contributed by atoms with Gasteiger partial charge in [-0.05, 0) is 6.08 Å². The van der Waals surface area contributed by atoms with Gasteiger partial charge in [-0.15, -0.1) is 5.06 Å². The second-order valence-corrected chi connectivity index (χ2v) is 1.71. The van der Waals surface area contributed by atoms with Crippen molar-refractivity contribution < 1.29 is 14.7 Å². The minimum atomic E-state index is -1.09. The Labute approximate surface area is 58.0 Å². The highest BCUT2D eigenvalue weighted by molar-refractivity contribution is 5.63. The fraction of sp³-hybridized carbons (Fsp3) is 0.167. The first kappa shape index (κ1) is 6.67. The fourth-order valence-corrected chi connectivity index (χ4v) is 0.555. The van der Waals surface area contributed by atoms with E-state index in [1.165, 1.54) is 6.26 Å². The molecule has 1 amide bonds. The molecular weight excluding hydrogens is 134 g/mol. The summed E-state index contributed by atoms with van der Waals surface area (Å²) in [6.07, 6.45) is 5.28. The quantitative estimate of drug-likeness (QED) is 0.547.